The number of benzene rings is 1. The first kappa shape index (κ1) is 16.5. The van der Waals surface area contributed by atoms with E-state index in [9.17, 15) is 4.79 Å². The molecule has 0 aromatic heterocycles. The average molecular weight is 299 g/mol. The number of ether oxygens (including phenoxy) is 2. The number of hydrogen-bond donors (Lipinski definition) is 1. The molecule has 1 rings (SSSR count). The molecule has 4 nitrogen and oxygen atoms in total. The molecule has 0 bridgehead atoms. The second-order valence-corrected chi connectivity index (χ2v) is 5.29. The van der Waals surface area contributed by atoms with Gasteiger partial charge in [-0.15, -0.1) is 0 Å². The van der Waals surface area contributed by atoms with E-state index in [4.69, 9.17) is 26.2 Å². The van der Waals surface area contributed by atoms with Gasteiger partial charge in [0.05, 0.1) is 17.2 Å². The molecule has 0 fully saturated rings. The molecule has 0 saturated heterocycles. The van der Waals surface area contributed by atoms with Crippen molar-refractivity contribution in [2.75, 3.05) is 13.7 Å². The maximum Gasteiger partial charge on any atom is 0.328 e. The zero-order valence-electron chi connectivity index (χ0n) is 11.9. The van der Waals surface area contributed by atoms with Gasteiger partial charge in [0, 0.05) is 25.2 Å². The fourth-order valence-corrected chi connectivity index (χ4v) is 1.70. The fourth-order valence-electron chi connectivity index (χ4n) is 1.47. The van der Waals surface area contributed by atoms with Crippen molar-refractivity contribution in [3.63, 3.8) is 0 Å². The highest BCUT2D eigenvalue weighted by atomic mass is 35.5. The predicted molar refractivity (Wildman–Crippen MR) is 79.3 cm³/mol. The lowest BCUT2D eigenvalue weighted by Crippen LogP contribution is -2.25. The highest BCUT2D eigenvalue weighted by Gasteiger charge is 2.16. The van der Waals surface area contributed by atoms with E-state index in [1.165, 1.54) is 6.08 Å². The third kappa shape index (κ3) is 5.23. The molecule has 20 heavy (non-hydrogen) atoms. The molecular weight excluding hydrogens is 280 g/mol. The maximum absolute atomic E-state index is 10.6. The molecule has 0 amide bonds. The number of methoxy groups -OCH3 is 1. The molecular formula is C15H19ClO4. The van der Waals surface area contributed by atoms with Crippen molar-refractivity contribution in [2.45, 2.75) is 25.9 Å². The van der Waals surface area contributed by atoms with Crippen LogP contribution in [0.4, 0.5) is 0 Å². The molecule has 0 aliphatic rings. The first-order valence-electron chi connectivity index (χ1n) is 6.23. The van der Waals surface area contributed by atoms with Crippen LogP contribution in [0.3, 0.4) is 0 Å². The standard InChI is InChI=1S/C15H19ClO4/c1-15(2,19-3)9-10-20-13-6-4-5-12(16)11(13)7-8-14(17)18/h4-8H,9-10H2,1-3H3,(H,17,18)/b8-7+. The Morgan fingerprint density at radius 3 is 2.75 bits per heavy atom. The van der Waals surface area contributed by atoms with Crippen molar-refractivity contribution in [2.24, 2.45) is 0 Å². The van der Waals surface area contributed by atoms with E-state index < -0.39 is 5.97 Å². The van der Waals surface area contributed by atoms with Crippen LogP contribution in [-0.2, 0) is 9.53 Å². The Morgan fingerprint density at radius 2 is 2.15 bits per heavy atom. The summed E-state index contributed by atoms with van der Waals surface area (Å²) >= 11 is 6.06. The van der Waals surface area contributed by atoms with Gasteiger partial charge in [-0.05, 0) is 32.1 Å². The van der Waals surface area contributed by atoms with Crippen LogP contribution in [0.1, 0.15) is 25.8 Å². The number of carbonyl (C=O) groups is 1. The number of aliphatic carboxylic acids is 1. The van der Waals surface area contributed by atoms with E-state index in [1.54, 1.807) is 25.3 Å². The summed E-state index contributed by atoms with van der Waals surface area (Å²) in [7, 11) is 1.65. The predicted octanol–water partition coefficient (Wildman–Crippen LogP) is 3.63. The Labute approximate surface area is 124 Å². The Balaban J connectivity index is 2.80. The van der Waals surface area contributed by atoms with Gasteiger partial charge in [-0.3, -0.25) is 0 Å². The summed E-state index contributed by atoms with van der Waals surface area (Å²) in [4.78, 5) is 10.6. The SMILES string of the molecule is COC(C)(C)CCOc1cccc(Cl)c1/C=C/C(=O)O. The van der Waals surface area contributed by atoms with Crippen molar-refractivity contribution in [3.8, 4) is 5.75 Å². The van der Waals surface area contributed by atoms with Gasteiger partial charge in [0.2, 0.25) is 0 Å². The highest BCUT2D eigenvalue weighted by Crippen LogP contribution is 2.28. The molecule has 0 atom stereocenters. The van der Waals surface area contributed by atoms with Gasteiger partial charge >= 0.3 is 5.97 Å². The van der Waals surface area contributed by atoms with Gasteiger partial charge in [0.15, 0.2) is 0 Å². The van der Waals surface area contributed by atoms with E-state index in [0.717, 1.165) is 6.08 Å². The summed E-state index contributed by atoms with van der Waals surface area (Å²) in [6.45, 7) is 4.40. The van der Waals surface area contributed by atoms with E-state index in [-0.39, 0.29) is 5.60 Å². The third-order valence-electron chi connectivity index (χ3n) is 2.92. The lowest BCUT2D eigenvalue weighted by molar-refractivity contribution is -0.131. The maximum atomic E-state index is 10.6. The quantitative estimate of drug-likeness (QED) is 0.781. The van der Waals surface area contributed by atoms with Gasteiger partial charge < -0.3 is 14.6 Å². The van der Waals surface area contributed by atoms with Crippen molar-refractivity contribution in [1.82, 2.24) is 0 Å². The molecule has 0 aliphatic heterocycles. The molecule has 0 spiro atoms. The smallest absolute Gasteiger partial charge is 0.328 e. The van der Waals surface area contributed by atoms with Crippen LogP contribution in [-0.4, -0.2) is 30.4 Å². The van der Waals surface area contributed by atoms with Crippen LogP contribution in [0.5, 0.6) is 5.75 Å². The van der Waals surface area contributed by atoms with E-state index >= 15 is 0 Å². The van der Waals surface area contributed by atoms with E-state index in [1.807, 2.05) is 13.8 Å². The average Bonchev–Trinajstić information content (AvgIpc) is 2.37. The van der Waals surface area contributed by atoms with Gasteiger partial charge in [0.1, 0.15) is 5.75 Å². The van der Waals surface area contributed by atoms with Gasteiger partial charge in [-0.2, -0.15) is 0 Å². The topological polar surface area (TPSA) is 55.8 Å². The summed E-state index contributed by atoms with van der Waals surface area (Å²) in [6.07, 6.45) is 3.17. The normalized spacial score (nSPS) is 11.8. The zero-order chi connectivity index (χ0) is 15.2. The number of halogens is 1. The van der Waals surface area contributed by atoms with Crippen LogP contribution in [0.25, 0.3) is 6.08 Å². The van der Waals surface area contributed by atoms with Crippen molar-refractivity contribution in [1.29, 1.82) is 0 Å². The molecule has 0 saturated carbocycles. The fraction of sp³-hybridized carbons (Fsp3) is 0.400. The Bertz CT molecular complexity index is 495. The summed E-state index contributed by atoms with van der Waals surface area (Å²) < 4.78 is 11.0. The second-order valence-electron chi connectivity index (χ2n) is 4.89. The highest BCUT2D eigenvalue weighted by molar-refractivity contribution is 6.32. The van der Waals surface area contributed by atoms with E-state index in [2.05, 4.69) is 0 Å². The molecule has 1 aromatic carbocycles. The lowest BCUT2D eigenvalue weighted by atomic mass is 10.1. The van der Waals surface area contributed by atoms with Gasteiger partial charge in [-0.25, -0.2) is 4.79 Å². The Kier molecular flexibility index (Phi) is 6.05. The molecule has 0 aliphatic carbocycles. The number of hydrogen-bond acceptors (Lipinski definition) is 3. The number of rotatable bonds is 7. The first-order valence-corrected chi connectivity index (χ1v) is 6.61. The molecule has 0 radical (unpaired) electrons. The second kappa shape index (κ2) is 7.31. The van der Waals surface area contributed by atoms with Crippen molar-refractivity contribution >= 4 is 23.6 Å². The molecule has 5 heteroatoms. The molecule has 1 N–H and O–H groups in total. The minimum atomic E-state index is -1.03. The molecule has 1 aromatic rings. The monoisotopic (exact) mass is 298 g/mol. The largest absolute Gasteiger partial charge is 0.493 e. The Hall–Kier alpha value is -1.52. The van der Waals surface area contributed by atoms with Crippen molar-refractivity contribution < 1.29 is 19.4 Å². The Morgan fingerprint density at radius 1 is 1.45 bits per heavy atom. The number of carboxylic acids is 1. The van der Waals surface area contributed by atoms with Crippen LogP contribution < -0.4 is 4.74 Å². The minimum absolute atomic E-state index is 0.268. The summed E-state index contributed by atoms with van der Waals surface area (Å²) in [5.41, 5.74) is 0.294. The summed E-state index contributed by atoms with van der Waals surface area (Å²) in [5.74, 6) is -0.474. The molecule has 0 unspecified atom stereocenters. The summed E-state index contributed by atoms with van der Waals surface area (Å²) in [5, 5.41) is 9.13. The van der Waals surface area contributed by atoms with Gasteiger partial charge in [-0.1, -0.05) is 17.7 Å². The molecule has 110 valence electrons. The summed E-state index contributed by atoms with van der Waals surface area (Å²) in [6, 6.07) is 5.21. The molecule has 0 heterocycles. The van der Waals surface area contributed by atoms with Crippen LogP contribution in [0, 0.1) is 0 Å². The third-order valence-corrected chi connectivity index (χ3v) is 3.25. The zero-order valence-corrected chi connectivity index (χ0v) is 12.6. The first-order chi connectivity index (χ1) is 9.35. The minimum Gasteiger partial charge on any atom is -0.493 e. The van der Waals surface area contributed by atoms with E-state index in [0.29, 0.717) is 29.4 Å². The van der Waals surface area contributed by atoms with Crippen LogP contribution in [0.15, 0.2) is 24.3 Å². The van der Waals surface area contributed by atoms with Crippen LogP contribution in [0.2, 0.25) is 5.02 Å². The van der Waals surface area contributed by atoms with Gasteiger partial charge in [0.25, 0.3) is 0 Å². The van der Waals surface area contributed by atoms with Crippen molar-refractivity contribution in [3.05, 3.63) is 34.9 Å². The number of carboxylic acid groups (broad SMARTS) is 1. The van der Waals surface area contributed by atoms with Crippen LogP contribution >= 0.6 is 11.6 Å². The lowest BCUT2D eigenvalue weighted by Gasteiger charge is -2.23.